The van der Waals surface area contributed by atoms with Crippen molar-refractivity contribution in [2.75, 3.05) is 46.0 Å². The first-order chi connectivity index (χ1) is 6.61. The van der Waals surface area contributed by atoms with Crippen LogP contribution in [0.3, 0.4) is 0 Å². The molecule has 0 amide bonds. The van der Waals surface area contributed by atoms with E-state index in [2.05, 4.69) is 43.1 Å². The first-order valence-corrected chi connectivity index (χ1v) is 5.89. The molecule has 14 heavy (non-hydrogen) atoms. The molecule has 1 heterocycles. The number of likely N-dealkylation sites (N-methyl/N-ethyl adjacent to an activating group) is 1. The van der Waals surface area contributed by atoms with Crippen molar-refractivity contribution >= 4 is 12.6 Å². The lowest BCUT2D eigenvalue weighted by atomic mass is 10.1. The second kappa shape index (κ2) is 5.79. The SMILES string of the molecule is C=C(CS)CN(C)CC1CCN(C)C1. The molecule has 0 saturated carbocycles. The predicted octanol–water partition coefficient (Wildman–Crippen LogP) is 1.36. The Balaban J connectivity index is 2.20. The Morgan fingerprint density at radius 1 is 1.64 bits per heavy atom. The van der Waals surface area contributed by atoms with Gasteiger partial charge in [0.2, 0.25) is 0 Å². The minimum absolute atomic E-state index is 0.801. The number of hydrogen-bond donors (Lipinski definition) is 1. The van der Waals surface area contributed by atoms with Crippen LogP contribution in [0.1, 0.15) is 6.42 Å². The van der Waals surface area contributed by atoms with Crippen molar-refractivity contribution in [3.8, 4) is 0 Å². The Labute approximate surface area is 93.4 Å². The largest absolute Gasteiger partial charge is 0.306 e. The van der Waals surface area contributed by atoms with Crippen LogP contribution in [0.15, 0.2) is 12.2 Å². The third-order valence-corrected chi connectivity index (χ3v) is 3.22. The van der Waals surface area contributed by atoms with Gasteiger partial charge in [-0.3, -0.25) is 0 Å². The summed E-state index contributed by atoms with van der Waals surface area (Å²) in [4.78, 5) is 4.77. The summed E-state index contributed by atoms with van der Waals surface area (Å²) >= 11 is 4.22. The Bertz CT molecular complexity index is 194. The van der Waals surface area contributed by atoms with Crippen molar-refractivity contribution in [2.45, 2.75) is 6.42 Å². The van der Waals surface area contributed by atoms with E-state index in [-0.39, 0.29) is 0 Å². The lowest BCUT2D eigenvalue weighted by Crippen LogP contribution is -2.29. The fraction of sp³-hybridized carbons (Fsp3) is 0.818. The molecule has 0 aliphatic carbocycles. The number of nitrogens with zero attached hydrogens (tertiary/aromatic N) is 2. The lowest BCUT2D eigenvalue weighted by molar-refractivity contribution is 0.291. The van der Waals surface area contributed by atoms with Gasteiger partial charge in [-0.15, -0.1) is 0 Å². The number of likely N-dealkylation sites (tertiary alicyclic amines) is 1. The topological polar surface area (TPSA) is 6.48 Å². The fourth-order valence-corrected chi connectivity index (χ4v) is 2.21. The predicted molar refractivity (Wildman–Crippen MR) is 66.1 cm³/mol. The van der Waals surface area contributed by atoms with Crippen molar-refractivity contribution in [3.05, 3.63) is 12.2 Å². The molecule has 3 heteroatoms. The third-order valence-electron chi connectivity index (χ3n) is 2.78. The summed E-state index contributed by atoms with van der Waals surface area (Å²) in [5.41, 5.74) is 1.21. The molecule has 0 radical (unpaired) electrons. The highest BCUT2D eigenvalue weighted by atomic mass is 32.1. The minimum atomic E-state index is 0.801. The van der Waals surface area contributed by atoms with Crippen LogP contribution >= 0.6 is 12.6 Å². The Morgan fingerprint density at radius 2 is 2.36 bits per heavy atom. The summed E-state index contributed by atoms with van der Waals surface area (Å²) in [6.07, 6.45) is 1.34. The first-order valence-electron chi connectivity index (χ1n) is 5.26. The molecule has 1 rings (SSSR count). The molecule has 0 bridgehead atoms. The number of hydrogen-bond acceptors (Lipinski definition) is 3. The van der Waals surface area contributed by atoms with E-state index in [1.807, 2.05) is 0 Å². The van der Waals surface area contributed by atoms with Crippen molar-refractivity contribution in [1.82, 2.24) is 9.80 Å². The van der Waals surface area contributed by atoms with Crippen LogP contribution in [0.4, 0.5) is 0 Å². The van der Waals surface area contributed by atoms with E-state index in [0.717, 1.165) is 18.2 Å². The fourth-order valence-electron chi connectivity index (χ4n) is 2.11. The van der Waals surface area contributed by atoms with Crippen LogP contribution in [0.5, 0.6) is 0 Å². The third kappa shape index (κ3) is 4.03. The Hall–Kier alpha value is 0.01000. The van der Waals surface area contributed by atoms with Gasteiger partial charge in [0.05, 0.1) is 0 Å². The molecule has 1 aliphatic rings. The van der Waals surface area contributed by atoms with E-state index < -0.39 is 0 Å². The van der Waals surface area contributed by atoms with Gasteiger partial charge in [-0.2, -0.15) is 12.6 Å². The molecule has 0 aromatic heterocycles. The highest BCUT2D eigenvalue weighted by Gasteiger charge is 2.20. The van der Waals surface area contributed by atoms with Crippen LogP contribution in [0.25, 0.3) is 0 Å². The van der Waals surface area contributed by atoms with E-state index in [0.29, 0.717) is 0 Å². The molecule has 82 valence electrons. The average Bonchev–Trinajstić information content (AvgIpc) is 2.50. The molecule has 0 spiro atoms. The number of thiol groups is 1. The van der Waals surface area contributed by atoms with Gasteiger partial charge in [-0.05, 0) is 33.0 Å². The summed E-state index contributed by atoms with van der Waals surface area (Å²) in [5.74, 6) is 1.65. The maximum absolute atomic E-state index is 4.22. The zero-order valence-corrected chi connectivity index (χ0v) is 10.3. The molecule has 0 aromatic carbocycles. The zero-order valence-electron chi connectivity index (χ0n) is 9.37. The molecule has 1 aliphatic heterocycles. The van der Waals surface area contributed by atoms with E-state index in [4.69, 9.17) is 0 Å². The second-order valence-electron chi connectivity index (χ2n) is 4.52. The standard InChI is InChI=1S/C11H22N2S/c1-10(9-14)6-13(3)8-11-4-5-12(2)7-11/h11,14H,1,4-9H2,2-3H3. The Kier molecular flexibility index (Phi) is 4.99. The maximum Gasteiger partial charge on any atom is 0.0195 e. The monoisotopic (exact) mass is 214 g/mol. The molecule has 2 nitrogen and oxygen atoms in total. The highest BCUT2D eigenvalue weighted by Crippen LogP contribution is 2.15. The second-order valence-corrected chi connectivity index (χ2v) is 4.84. The summed E-state index contributed by atoms with van der Waals surface area (Å²) in [6.45, 7) is 8.66. The van der Waals surface area contributed by atoms with Gasteiger partial charge in [0.25, 0.3) is 0 Å². The zero-order chi connectivity index (χ0) is 10.6. The van der Waals surface area contributed by atoms with Crippen LogP contribution < -0.4 is 0 Å². The highest BCUT2D eigenvalue weighted by molar-refractivity contribution is 7.80. The molecule has 1 fully saturated rings. The van der Waals surface area contributed by atoms with Gasteiger partial charge in [0.1, 0.15) is 0 Å². The normalized spacial score (nSPS) is 23.3. The van der Waals surface area contributed by atoms with Gasteiger partial charge in [-0.25, -0.2) is 0 Å². The van der Waals surface area contributed by atoms with Crippen molar-refractivity contribution in [1.29, 1.82) is 0 Å². The van der Waals surface area contributed by atoms with Crippen LogP contribution in [0.2, 0.25) is 0 Å². The molecule has 1 saturated heterocycles. The van der Waals surface area contributed by atoms with E-state index in [1.54, 1.807) is 0 Å². The van der Waals surface area contributed by atoms with Crippen LogP contribution in [0, 0.1) is 5.92 Å². The van der Waals surface area contributed by atoms with Gasteiger partial charge < -0.3 is 9.80 Å². The molecular formula is C11H22N2S. The molecule has 0 aromatic rings. The first kappa shape index (κ1) is 12.1. The van der Waals surface area contributed by atoms with Crippen molar-refractivity contribution in [3.63, 3.8) is 0 Å². The molecular weight excluding hydrogens is 192 g/mol. The van der Waals surface area contributed by atoms with Crippen LogP contribution in [-0.2, 0) is 0 Å². The maximum atomic E-state index is 4.22. The van der Waals surface area contributed by atoms with Crippen LogP contribution in [-0.4, -0.2) is 55.8 Å². The molecule has 1 atom stereocenters. The average molecular weight is 214 g/mol. The lowest BCUT2D eigenvalue weighted by Gasteiger charge is -2.21. The smallest absolute Gasteiger partial charge is 0.0195 e. The number of rotatable bonds is 5. The summed E-state index contributed by atoms with van der Waals surface area (Å²) < 4.78 is 0. The van der Waals surface area contributed by atoms with Crippen molar-refractivity contribution in [2.24, 2.45) is 5.92 Å². The van der Waals surface area contributed by atoms with Gasteiger partial charge >= 0.3 is 0 Å². The van der Waals surface area contributed by atoms with Gasteiger partial charge in [-0.1, -0.05) is 12.2 Å². The summed E-state index contributed by atoms with van der Waals surface area (Å²) in [5, 5.41) is 0. The van der Waals surface area contributed by atoms with Gasteiger partial charge in [0.15, 0.2) is 0 Å². The Morgan fingerprint density at radius 3 is 2.86 bits per heavy atom. The van der Waals surface area contributed by atoms with Crippen molar-refractivity contribution < 1.29 is 0 Å². The van der Waals surface area contributed by atoms with E-state index in [1.165, 1.54) is 31.6 Å². The molecule has 0 N–H and O–H groups in total. The van der Waals surface area contributed by atoms with Gasteiger partial charge in [0, 0.05) is 25.4 Å². The minimum Gasteiger partial charge on any atom is -0.306 e. The summed E-state index contributed by atoms with van der Waals surface area (Å²) in [6, 6.07) is 0. The quantitative estimate of drug-likeness (QED) is 0.545. The van der Waals surface area contributed by atoms with E-state index in [9.17, 15) is 0 Å². The van der Waals surface area contributed by atoms with E-state index >= 15 is 0 Å². The summed E-state index contributed by atoms with van der Waals surface area (Å²) in [7, 11) is 4.37. The molecule has 1 unspecified atom stereocenters.